The molecule has 9 heteroatoms. The molecule has 0 bridgehead atoms. The Kier molecular flexibility index (Phi) is 14.6. The van der Waals surface area contributed by atoms with Crippen LogP contribution in [0.1, 0.15) is 84.9 Å². The molecule has 2 atom stereocenters. The van der Waals surface area contributed by atoms with Crippen molar-refractivity contribution in [2.45, 2.75) is 79.0 Å². The highest BCUT2D eigenvalue weighted by atomic mass is 19.1. The lowest BCUT2D eigenvalue weighted by atomic mass is 9.99. The lowest BCUT2D eigenvalue weighted by molar-refractivity contribution is 0.0755. The number of benzene rings is 3. The highest BCUT2D eigenvalue weighted by Gasteiger charge is 2.25. The van der Waals surface area contributed by atoms with Crippen molar-refractivity contribution in [1.29, 1.82) is 0 Å². The number of aliphatic hydroxyl groups excluding tert-OH is 1. The number of nitrogens with one attached hydrogen (secondary N) is 2. The van der Waals surface area contributed by atoms with Gasteiger partial charge in [-0.25, -0.2) is 8.78 Å². The first kappa shape index (κ1) is 36.6. The summed E-state index contributed by atoms with van der Waals surface area (Å²) < 4.78 is 28.2. The third-order valence-electron chi connectivity index (χ3n) is 8.07. The van der Waals surface area contributed by atoms with Gasteiger partial charge in [0.2, 0.25) is 0 Å². The van der Waals surface area contributed by atoms with Crippen LogP contribution in [0.25, 0.3) is 0 Å². The molecule has 0 aliphatic rings. The second-order valence-electron chi connectivity index (χ2n) is 11.7. The van der Waals surface area contributed by atoms with Gasteiger partial charge in [-0.15, -0.1) is 0 Å². The number of hydrogen-bond donors (Lipinski definition) is 3. The number of aliphatic hydroxyl groups is 1. The number of carbonyl (C=O) groups excluding carboxylic acids is 2. The Morgan fingerprint density at radius 1 is 0.804 bits per heavy atom. The number of rotatable bonds is 18. The zero-order valence-electron chi connectivity index (χ0n) is 27.9. The molecule has 0 aliphatic heterocycles. The second kappa shape index (κ2) is 18.4. The van der Waals surface area contributed by atoms with Gasteiger partial charge in [0.1, 0.15) is 11.6 Å². The maximum absolute atomic E-state index is 14.1. The Morgan fingerprint density at radius 3 is 2.04 bits per heavy atom. The number of anilines is 1. The molecular weight excluding hydrogens is 586 g/mol. The molecule has 0 spiro atoms. The van der Waals surface area contributed by atoms with Gasteiger partial charge in [0.25, 0.3) is 11.8 Å². The molecule has 0 heterocycles. The van der Waals surface area contributed by atoms with E-state index < -0.39 is 29.7 Å². The Bertz CT molecular complexity index is 1400. The Balaban J connectivity index is 1.91. The van der Waals surface area contributed by atoms with Crippen LogP contribution in [0.2, 0.25) is 0 Å². The average molecular weight is 637 g/mol. The van der Waals surface area contributed by atoms with E-state index in [0.717, 1.165) is 36.6 Å². The standard InChI is InChI=1S/C37H50F2N4O3/c1-6-14-43(15-7-2)37(46)30-20-29(21-33(22-30)42(9-4)10-5)36(45)41-34(19-28-17-31(38)23-32(39)18-28)35(44)25-40-24-27-13-11-12-26(8-3)16-27/h11-13,16-18,20-23,34-35,40,44H,6-10,14-15,19,24-25H2,1-5H3,(H,41,45)/t34-,35+/m0/s1. The summed E-state index contributed by atoms with van der Waals surface area (Å²) in [5, 5.41) is 17.5. The number of halogens is 2. The predicted molar refractivity (Wildman–Crippen MR) is 181 cm³/mol. The first-order valence-electron chi connectivity index (χ1n) is 16.5. The normalized spacial score (nSPS) is 12.4. The maximum Gasteiger partial charge on any atom is 0.253 e. The largest absolute Gasteiger partial charge is 0.390 e. The van der Waals surface area contributed by atoms with Crippen molar-refractivity contribution in [2.75, 3.05) is 37.6 Å². The van der Waals surface area contributed by atoms with E-state index in [9.17, 15) is 23.5 Å². The fraction of sp³-hybridized carbons (Fsp3) is 0.459. The van der Waals surface area contributed by atoms with E-state index in [4.69, 9.17) is 0 Å². The van der Waals surface area contributed by atoms with Crippen LogP contribution in [0.15, 0.2) is 60.7 Å². The molecule has 0 saturated carbocycles. The second-order valence-corrected chi connectivity index (χ2v) is 11.7. The topological polar surface area (TPSA) is 84.9 Å². The van der Waals surface area contributed by atoms with Crippen LogP contribution in [0.4, 0.5) is 14.5 Å². The highest BCUT2D eigenvalue weighted by Crippen LogP contribution is 2.22. The van der Waals surface area contributed by atoms with Gasteiger partial charge >= 0.3 is 0 Å². The number of aryl methyl sites for hydroxylation is 1. The van der Waals surface area contributed by atoms with E-state index in [1.807, 2.05) is 45.9 Å². The summed E-state index contributed by atoms with van der Waals surface area (Å²) in [6.07, 6.45) is 1.45. The number of amides is 2. The third kappa shape index (κ3) is 10.6. The van der Waals surface area contributed by atoms with Crippen molar-refractivity contribution in [1.82, 2.24) is 15.5 Å². The molecule has 0 saturated heterocycles. The summed E-state index contributed by atoms with van der Waals surface area (Å²) in [6, 6.07) is 15.6. The zero-order valence-corrected chi connectivity index (χ0v) is 27.9. The van der Waals surface area contributed by atoms with Crippen molar-refractivity contribution >= 4 is 17.5 Å². The van der Waals surface area contributed by atoms with E-state index in [2.05, 4.69) is 34.6 Å². The van der Waals surface area contributed by atoms with Crippen LogP contribution in [0, 0.1) is 11.6 Å². The number of nitrogens with zero attached hydrogens (tertiary/aromatic N) is 2. The summed E-state index contributed by atoms with van der Waals surface area (Å²) >= 11 is 0. The van der Waals surface area contributed by atoms with Crippen LogP contribution >= 0.6 is 0 Å². The quantitative estimate of drug-likeness (QED) is 0.157. The Morgan fingerprint density at radius 2 is 1.43 bits per heavy atom. The van der Waals surface area contributed by atoms with Crippen molar-refractivity contribution in [3.05, 3.63) is 100 Å². The molecule has 46 heavy (non-hydrogen) atoms. The molecule has 3 rings (SSSR count). The van der Waals surface area contributed by atoms with Gasteiger partial charge in [-0.1, -0.05) is 45.0 Å². The van der Waals surface area contributed by atoms with E-state index in [1.54, 1.807) is 17.0 Å². The number of carbonyl (C=O) groups is 2. The van der Waals surface area contributed by atoms with Crippen molar-refractivity contribution in [2.24, 2.45) is 0 Å². The fourth-order valence-electron chi connectivity index (χ4n) is 5.66. The maximum atomic E-state index is 14.1. The molecule has 0 radical (unpaired) electrons. The van der Waals surface area contributed by atoms with Gasteiger partial charge < -0.3 is 25.5 Å². The van der Waals surface area contributed by atoms with Crippen LogP contribution in [-0.2, 0) is 19.4 Å². The molecule has 0 aliphatic carbocycles. The Labute approximate surface area is 273 Å². The summed E-state index contributed by atoms with van der Waals surface area (Å²) in [6.45, 7) is 13.4. The molecule has 2 amide bonds. The van der Waals surface area contributed by atoms with Gasteiger partial charge in [0.05, 0.1) is 12.1 Å². The average Bonchev–Trinajstić information content (AvgIpc) is 3.04. The van der Waals surface area contributed by atoms with Crippen LogP contribution < -0.4 is 15.5 Å². The molecule has 3 N–H and O–H groups in total. The van der Waals surface area contributed by atoms with E-state index in [1.165, 1.54) is 17.7 Å². The first-order chi connectivity index (χ1) is 22.1. The van der Waals surface area contributed by atoms with Crippen molar-refractivity contribution in [3.63, 3.8) is 0 Å². The van der Waals surface area contributed by atoms with Crippen LogP contribution in [0.3, 0.4) is 0 Å². The molecule has 7 nitrogen and oxygen atoms in total. The lowest BCUT2D eigenvalue weighted by Crippen LogP contribution is -2.48. The minimum absolute atomic E-state index is 0.00309. The highest BCUT2D eigenvalue weighted by molar-refractivity contribution is 6.01. The predicted octanol–water partition coefficient (Wildman–Crippen LogP) is 6.13. The monoisotopic (exact) mass is 636 g/mol. The molecule has 0 unspecified atom stereocenters. The minimum Gasteiger partial charge on any atom is -0.390 e. The van der Waals surface area contributed by atoms with E-state index >= 15 is 0 Å². The van der Waals surface area contributed by atoms with Crippen molar-refractivity contribution in [3.8, 4) is 0 Å². The van der Waals surface area contributed by atoms with Gasteiger partial charge in [-0.2, -0.15) is 0 Å². The summed E-state index contributed by atoms with van der Waals surface area (Å²) in [5.41, 5.74) is 4.00. The SMILES string of the molecule is CCCN(CCC)C(=O)c1cc(C(=O)N[C@@H](Cc2cc(F)cc(F)c2)[C@H](O)CNCc2cccc(CC)c2)cc(N(CC)CC)c1. The van der Waals surface area contributed by atoms with Gasteiger partial charge in [0, 0.05) is 62.1 Å². The fourth-order valence-corrected chi connectivity index (χ4v) is 5.66. The molecule has 0 aromatic heterocycles. The Hall–Kier alpha value is -3.82. The first-order valence-corrected chi connectivity index (χ1v) is 16.5. The van der Waals surface area contributed by atoms with Crippen molar-refractivity contribution < 1.29 is 23.5 Å². The molecule has 0 fully saturated rings. The summed E-state index contributed by atoms with van der Waals surface area (Å²) in [4.78, 5) is 31.3. The van der Waals surface area contributed by atoms with E-state index in [-0.39, 0.29) is 24.4 Å². The van der Waals surface area contributed by atoms with Gasteiger partial charge in [-0.05, 0) is 86.6 Å². The molecule has 3 aromatic rings. The van der Waals surface area contributed by atoms with Gasteiger partial charge in [0.15, 0.2) is 0 Å². The third-order valence-corrected chi connectivity index (χ3v) is 8.07. The van der Waals surface area contributed by atoms with E-state index in [0.29, 0.717) is 43.9 Å². The lowest BCUT2D eigenvalue weighted by Gasteiger charge is -2.27. The van der Waals surface area contributed by atoms with Gasteiger partial charge in [-0.3, -0.25) is 9.59 Å². The summed E-state index contributed by atoms with van der Waals surface area (Å²) in [7, 11) is 0. The molecular formula is C37H50F2N4O3. The number of hydrogen-bond acceptors (Lipinski definition) is 5. The minimum atomic E-state index is -1.08. The summed E-state index contributed by atoms with van der Waals surface area (Å²) in [5.74, 6) is -2.10. The zero-order chi connectivity index (χ0) is 33.6. The smallest absolute Gasteiger partial charge is 0.253 e. The molecule has 250 valence electrons. The molecule has 3 aromatic carbocycles. The van der Waals surface area contributed by atoms with Crippen LogP contribution in [-0.4, -0.2) is 66.7 Å². The van der Waals surface area contributed by atoms with Crippen LogP contribution in [0.5, 0.6) is 0 Å².